The quantitative estimate of drug-likeness (QED) is 0.601. The molecule has 5 atom stereocenters. The molecule has 5 unspecified atom stereocenters. The van der Waals surface area contributed by atoms with Crippen LogP contribution in [-0.4, -0.2) is 0 Å². The third-order valence-corrected chi connectivity index (χ3v) is 4.92. The van der Waals surface area contributed by atoms with Gasteiger partial charge < -0.3 is 0 Å². The highest BCUT2D eigenvalue weighted by Crippen LogP contribution is 2.61. The Hall–Kier alpha value is -0.510. The van der Waals surface area contributed by atoms with E-state index in [1.807, 2.05) is 0 Å². The van der Waals surface area contributed by atoms with Crippen molar-refractivity contribution in [3.63, 3.8) is 0 Å². The second kappa shape index (κ2) is 2.74. The molecule has 0 heterocycles. The highest BCUT2D eigenvalue weighted by molar-refractivity contribution is 5.04. The Morgan fingerprint density at radius 2 is 1.92 bits per heavy atom. The molecule has 3 fully saturated rings. The Kier molecular flexibility index (Phi) is 1.65. The van der Waals surface area contributed by atoms with E-state index in [1.165, 1.54) is 32.1 Å². The van der Waals surface area contributed by atoms with Gasteiger partial charge in [-0.15, -0.1) is 0 Å². The van der Waals surface area contributed by atoms with Crippen molar-refractivity contribution in [2.45, 2.75) is 38.5 Å². The zero-order chi connectivity index (χ0) is 8.84. The van der Waals surface area contributed by atoms with E-state index in [-0.39, 0.29) is 0 Å². The molecule has 3 saturated carbocycles. The molecule has 2 bridgehead atoms. The van der Waals surface area contributed by atoms with Gasteiger partial charge in [-0.2, -0.15) is 5.26 Å². The summed E-state index contributed by atoms with van der Waals surface area (Å²) in [4.78, 5) is 0. The van der Waals surface area contributed by atoms with Gasteiger partial charge in [0, 0.05) is 6.42 Å². The first kappa shape index (κ1) is 7.85. The molecule has 3 aliphatic carbocycles. The summed E-state index contributed by atoms with van der Waals surface area (Å²) >= 11 is 0. The average Bonchev–Trinajstić information content (AvgIpc) is 2.72. The Morgan fingerprint density at radius 1 is 1.08 bits per heavy atom. The second-order valence-electron chi connectivity index (χ2n) is 5.28. The zero-order valence-electron chi connectivity index (χ0n) is 8.08. The van der Waals surface area contributed by atoms with Gasteiger partial charge in [0.1, 0.15) is 0 Å². The molecule has 0 radical (unpaired) electrons. The number of nitriles is 1. The van der Waals surface area contributed by atoms with Gasteiger partial charge in [0.2, 0.25) is 0 Å². The predicted octanol–water partition coefficient (Wildman–Crippen LogP) is 2.97. The summed E-state index contributed by atoms with van der Waals surface area (Å²) < 4.78 is 0. The number of nitrogens with zero attached hydrogens (tertiary/aromatic N) is 1. The van der Waals surface area contributed by atoms with Crippen molar-refractivity contribution in [3.8, 4) is 6.07 Å². The van der Waals surface area contributed by atoms with Crippen molar-refractivity contribution >= 4 is 0 Å². The van der Waals surface area contributed by atoms with Crippen LogP contribution in [0.4, 0.5) is 0 Å². The molecular formula is C12H17N. The van der Waals surface area contributed by atoms with Crippen LogP contribution in [0.25, 0.3) is 0 Å². The summed E-state index contributed by atoms with van der Waals surface area (Å²) in [7, 11) is 0. The van der Waals surface area contributed by atoms with Crippen molar-refractivity contribution in [2.75, 3.05) is 0 Å². The minimum Gasteiger partial charge on any atom is -0.198 e. The van der Waals surface area contributed by atoms with Crippen LogP contribution in [0.5, 0.6) is 0 Å². The van der Waals surface area contributed by atoms with Gasteiger partial charge in [-0.25, -0.2) is 0 Å². The summed E-state index contributed by atoms with van der Waals surface area (Å²) in [5.74, 6) is 4.89. The monoisotopic (exact) mass is 175 g/mol. The van der Waals surface area contributed by atoms with Crippen LogP contribution < -0.4 is 0 Å². The van der Waals surface area contributed by atoms with Crippen molar-refractivity contribution < 1.29 is 0 Å². The molecule has 3 rings (SSSR count). The molecule has 0 aliphatic heterocycles. The third-order valence-electron chi connectivity index (χ3n) is 4.92. The minimum atomic E-state index is 0.786. The van der Waals surface area contributed by atoms with E-state index in [2.05, 4.69) is 6.07 Å². The third kappa shape index (κ3) is 0.980. The highest BCUT2D eigenvalue weighted by Gasteiger charge is 2.53. The molecule has 0 spiro atoms. The molecule has 1 nitrogen and oxygen atoms in total. The van der Waals surface area contributed by atoms with E-state index in [0.29, 0.717) is 0 Å². The molecule has 13 heavy (non-hydrogen) atoms. The van der Waals surface area contributed by atoms with Crippen LogP contribution in [0.1, 0.15) is 38.5 Å². The average molecular weight is 175 g/mol. The molecule has 0 N–H and O–H groups in total. The molecule has 0 aromatic rings. The summed E-state index contributed by atoms with van der Waals surface area (Å²) in [5.41, 5.74) is 0. The maximum Gasteiger partial charge on any atom is 0.0624 e. The van der Waals surface area contributed by atoms with Gasteiger partial charge in [0.05, 0.1) is 6.07 Å². The number of rotatable bonds is 1. The van der Waals surface area contributed by atoms with Crippen LogP contribution in [0.15, 0.2) is 0 Å². The van der Waals surface area contributed by atoms with Gasteiger partial charge in [0.25, 0.3) is 0 Å². The first-order valence-electron chi connectivity index (χ1n) is 5.77. The van der Waals surface area contributed by atoms with Gasteiger partial charge in [-0.05, 0) is 55.3 Å². The predicted molar refractivity (Wildman–Crippen MR) is 50.8 cm³/mol. The summed E-state index contributed by atoms with van der Waals surface area (Å²) in [6.07, 6.45) is 8.16. The van der Waals surface area contributed by atoms with Crippen molar-refractivity contribution in [2.24, 2.45) is 29.6 Å². The number of fused-ring (bicyclic) bond motifs is 5. The summed E-state index contributed by atoms with van der Waals surface area (Å²) in [5, 5.41) is 8.75. The smallest absolute Gasteiger partial charge is 0.0624 e. The highest BCUT2D eigenvalue weighted by atomic mass is 14.6. The van der Waals surface area contributed by atoms with Crippen molar-refractivity contribution in [3.05, 3.63) is 0 Å². The fourth-order valence-electron chi connectivity index (χ4n) is 4.56. The standard InChI is InChI=1S/C12H17N/c13-5-4-8-6-9-7-12(8)11-3-1-2-10(9)11/h8-12H,1-4,6-7H2. The van der Waals surface area contributed by atoms with Crippen LogP contribution in [0.2, 0.25) is 0 Å². The number of hydrogen-bond donors (Lipinski definition) is 0. The minimum absolute atomic E-state index is 0.786. The lowest BCUT2D eigenvalue weighted by Crippen LogP contribution is -2.23. The molecule has 3 aliphatic rings. The Morgan fingerprint density at radius 3 is 2.77 bits per heavy atom. The fraction of sp³-hybridized carbons (Fsp3) is 0.917. The lowest BCUT2D eigenvalue weighted by molar-refractivity contribution is 0.192. The van der Waals surface area contributed by atoms with E-state index in [9.17, 15) is 0 Å². The second-order valence-corrected chi connectivity index (χ2v) is 5.28. The summed E-state index contributed by atoms with van der Waals surface area (Å²) in [6, 6.07) is 2.37. The van der Waals surface area contributed by atoms with Gasteiger partial charge in [-0.1, -0.05) is 6.42 Å². The van der Waals surface area contributed by atoms with E-state index in [1.54, 1.807) is 0 Å². The lowest BCUT2D eigenvalue weighted by atomic mass is 9.75. The summed E-state index contributed by atoms with van der Waals surface area (Å²) in [6.45, 7) is 0. The largest absolute Gasteiger partial charge is 0.198 e. The maximum absolute atomic E-state index is 8.75. The van der Waals surface area contributed by atoms with Crippen LogP contribution in [0, 0.1) is 40.9 Å². The first-order chi connectivity index (χ1) is 6.40. The molecule has 0 aromatic heterocycles. The van der Waals surface area contributed by atoms with Crippen molar-refractivity contribution in [1.82, 2.24) is 0 Å². The van der Waals surface area contributed by atoms with Crippen LogP contribution >= 0.6 is 0 Å². The van der Waals surface area contributed by atoms with E-state index < -0.39 is 0 Å². The van der Waals surface area contributed by atoms with E-state index in [4.69, 9.17) is 5.26 Å². The Balaban J connectivity index is 1.79. The lowest BCUT2D eigenvalue weighted by Gasteiger charge is -2.30. The molecule has 1 heteroatoms. The van der Waals surface area contributed by atoms with E-state index in [0.717, 1.165) is 36.0 Å². The maximum atomic E-state index is 8.75. The van der Waals surface area contributed by atoms with Crippen molar-refractivity contribution in [1.29, 1.82) is 5.26 Å². The molecule has 0 saturated heterocycles. The first-order valence-corrected chi connectivity index (χ1v) is 5.77. The molecule has 0 aromatic carbocycles. The zero-order valence-corrected chi connectivity index (χ0v) is 8.08. The van der Waals surface area contributed by atoms with Crippen LogP contribution in [-0.2, 0) is 0 Å². The molecular weight excluding hydrogens is 158 g/mol. The Bertz CT molecular complexity index is 252. The normalized spacial score (nSPS) is 52.1. The van der Waals surface area contributed by atoms with Gasteiger partial charge >= 0.3 is 0 Å². The number of hydrogen-bond acceptors (Lipinski definition) is 1. The molecule has 0 amide bonds. The SMILES string of the molecule is N#CCC1CC2CC1C1CCCC21. The van der Waals surface area contributed by atoms with Gasteiger partial charge in [-0.3, -0.25) is 0 Å². The molecule has 70 valence electrons. The topological polar surface area (TPSA) is 23.8 Å². The van der Waals surface area contributed by atoms with Gasteiger partial charge in [0.15, 0.2) is 0 Å². The Labute approximate surface area is 80.1 Å². The van der Waals surface area contributed by atoms with E-state index >= 15 is 0 Å². The van der Waals surface area contributed by atoms with Crippen LogP contribution in [0.3, 0.4) is 0 Å². The fourth-order valence-corrected chi connectivity index (χ4v) is 4.56.